The van der Waals surface area contributed by atoms with E-state index < -0.39 is 0 Å². The number of alkyl carbamates (subject to hydrolysis) is 1. The molecule has 3 aliphatic rings. The van der Waals surface area contributed by atoms with Crippen molar-refractivity contribution in [2.45, 2.75) is 37.7 Å². The number of carbonyl (C=O) groups excluding carboxylic acids is 1. The standard InChI is InChI=1S/C23H25NO3/c25-16-11-23(12-16)9-15(10-23)13-24-22(26)27-14-21-19-7-3-1-5-17(19)18-6-2-4-8-20(18)21/h1-8,15-16,21,25H,9-14H2,(H,24,26). The Labute approximate surface area is 159 Å². The molecule has 2 N–H and O–H groups in total. The van der Waals surface area contributed by atoms with E-state index in [0.717, 1.165) is 25.7 Å². The first-order chi connectivity index (χ1) is 13.1. The second-order valence-electron chi connectivity index (χ2n) is 8.54. The predicted octanol–water partition coefficient (Wildman–Crippen LogP) is 4.08. The molecule has 3 aliphatic carbocycles. The molecule has 27 heavy (non-hydrogen) atoms. The molecule has 140 valence electrons. The number of fused-ring (bicyclic) bond motifs is 3. The molecule has 5 rings (SSSR count). The third-order valence-corrected chi connectivity index (χ3v) is 6.66. The Morgan fingerprint density at radius 1 is 1.00 bits per heavy atom. The van der Waals surface area contributed by atoms with Crippen molar-refractivity contribution in [3.05, 3.63) is 59.7 Å². The second kappa shape index (κ2) is 6.38. The van der Waals surface area contributed by atoms with E-state index in [9.17, 15) is 9.90 Å². The van der Waals surface area contributed by atoms with E-state index in [0.29, 0.717) is 24.5 Å². The van der Waals surface area contributed by atoms with E-state index in [2.05, 4.69) is 41.7 Å². The lowest BCUT2D eigenvalue weighted by atomic mass is 9.51. The maximum Gasteiger partial charge on any atom is 0.407 e. The lowest BCUT2D eigenvalue weighted by Gasteiger charge is -2.56. The van der Waals surface area contributed by atoms with Crippen LogP contribution < -0.4 is 5.32 Å². The van der Waals surface area contributed by atoms with Gasteiger partial charge in [0.05, 0.1) is 6.10 Å². The lowest BCUT2D eigenvalue weighted by Crippen LogP contribution is -2.52. The second-order valence-corrected chi connectivity index (χ2v) is 8.54. The molecular weight excluding hydrogens is 338 g/mol. The summed E-state index contributed by atoms with van der Waals surface area (Å²) in [4.78, 5) is 12.2. The first-order valence-electron chi connectivity index (χ1n) is 9.90. The van der Waals surface area contributed by atoms with Crippen LogP contribution in [-0.4, -0.2) is 30.5 Å². The van der Waals surface area contributed by atoms with Crippen molar-refractivity contribution >= 4 is 6.09 Å². The van der Waals surface area contributed by atoms with Crippen LogP contribution >= 0.6 is 0 Å². The fraction of sp³-hybridized carbons (Fsp3) is 0.435. The Morgan fingerprint density at radius 2 is 1.59 bits per heavy atom. The van der Waals surface area contributed by atoms with Gasteiger partial charge in [0.2, 0.25) is 0 Å². The summed E-state index contributed by atoms with van der Waals surface area (Å²) in [6, 6.07) is 16.7. The summed E-state index contributed by atoms with van der Waals surface area (Å²) in [7, 11) is 0. The van der Waals surface area contributed by atoms with Crippen molar-refractivity contribution in [1.29, 1.82) is 0 Å². The number of hydrogen-bond acceptors (Lipinski definition) is 3. The third-order valence-electron chi connectivity index (χ3n) is 6.66. The van der Waals surface area contributed by atoms with Gasteiger partial charge in [0, 0.05) is 12.5 Å². The molecule has 2 aromatic rings. The highest BCUT2D eigenvalue weighted by atomic mass is 16.5. The van der Waals surface area contributed by atoms with E-state index in [1.54, 1.807) is 0 Å². The lowest BCUT2D eigenvalue weighted by molar-refractivity contribution is -0.109. The zero-order chi connectivity index (χ0) is 18.4. The zero-order valence-electron chi connectivity index (χ0n) is 15.4. The fourth-order valence-electron chi connectivity index (χ4n) is 5.46. The number of benzene rings is 2. The van der Waals surface area contributed by atoms with Gasteiger partial charge in [-0.25, -0.2) is 4.79 Å². The van der Waals surface area contributed by atoms with E-state index >= 15 is 0 Å². The van der Waals surface area contributed by atoms with Crippen molar-refractivity contribution in [2.75, 3.05) is 13.2 Å². The van der Waals surface area contributed by atoms with E-state index in [1.165, 1.54) is 22.3 Å². The van der Waals surface area contributed by atoms with Crippen LogP contribution in [0.3, 0.4) is 0 Å². The summed E-state index contributed by atoms with van der Waals surface area (Å²) < 4.78 is 5.58. The minimum absolute atomic E-state index is 0.0963. The van der Waals surface area contributed by atoms with Crippen LogP contribution in [0.15, 0.2) is 48.5 Å². The van der Waals surface area contributed by atoms with Crippen LogP contribution in [0.4, 0.5) is 4.79 Å². The largest absolute Gasteiger partial charge is 0.449 e. The Balaban J connectivity index is 1.15. The smallest absolute Gasteiger partial charge is 0.407 e. The van der Waals surface area contributed by atoms with Gasteiger partial charge in [-0.3, -0.25) is 0 Å². The molecule has 2 aromatic carbocycles. The van der Waals surface area contributed by atoms with Gasteiger partial charge in [0.1, 0.15) is 6.61 Å². The van der Waals surface area contributed by atoms with Gasteiger partial charge in [0.15, 0.2) is 0 Å². The fourth-order valence-corrected chi connectivity index (χ4v) is 5.46. The average Bonchev–Trinajstić information content (AvgIpc) is 2.95. The summed E-state index contributed by atoms with van der Waals surface area (Å²) in [6.07, 6.45) is 3.69. The number of nitrogens with one attached hydrogen (secondary N) is 1. The number of aliphatic hydroxyl groups is 1. The zero-order valence-corrected chi connectivity index (χ0v) is 15.4. The molecule has 0 atom stereocenters. The summed E-state index contributed by atoms with van der Waals surface area (Å²) in [6.45, 7) is 1.04. The van der Waals surface area contributed by atoms with Crippen LogP contribution in [-0.2, 0) is 4.74 Å². The normalized spacial score (nSPS) is 28.0. The number of hydrogen-bond donors (Lipinski definition) is 2. The van der Waals surface area contributed by atoms with Gasteiger partial charge in [-0.1, -0.05) is 48.5 Å². The molecule has 0 radical (unpaired) electrons. The van der Waals surface area contributed by atoms with Gasteiger partial charge in [0.25, 0.3) is 0 Å². The molecule has 4 nitrogen and oxygen atoms in total. The Morgan fingerprint density at radius 3 is 2.19 bits per heavy atom. The first-order valence-corrected chi connectivity index (χ1v) is 9.90. The predicted molar refractivity (Wildman–Crippen MR) is 103 cm³/mol. The summed E-state index contributed by atoms with van der Waals surface area (Å²) in [5, 5.41) is 12.4. The number of rotatable bonds is 4. The number of amides is 1. The monoisotopic (exact) mass is 363 g/mol. The van der Waals surface area contributed by atoms with Gasteiger partial charge in [-0.15, -0.1) is 0 Å². The summed E-state index contributed by atoms with van der Waals surface area (Å²) in [5.41, 5.74) is 5.33. The van der Waals surface area contributed by atoms with Gasteiger partial charge < -0.3 is 15.2 Å². The Bertz CT molecular complexity index is 818. The van der Waals surface area contributed by atoms with Crippen molar-refractivity contribution in [3.8, 4) is 11.1 Å². The van der Waals surface area contributed by atoms with Crippen LogP contribution in [0, 0.1) is 11.3 Å². The molecule has 0 heterocycles. The maximum atomic E-state index is 12.2. The Kier molecular flexibility index (Phi) is 3.97. The van der Waals surface area contributed by atoms with E-state index in [1.807, 2.05) is 12.1 Å². The minimum Gasteiger partial charge on any atom is -0.449 e. The molecule has 1 spiro atoms. The van der Waals surface area contributed by atoms with Crippen LogP contribution in [0.25, 0.3) is 11.1 Å². The highest BCUT2D eigenvalue weighted by Crippen LogP contribution is 2.58. The van der Waals surface area contributed by atoms with Crippen molar-refractivity contribution in [2.24, 2.45) is 11.3 Å². The van der Waals surface area contributed by atoms with E-state index in [4.69, 9.17) is 4.74 Å². The molecule has 1 amide bonds. The molecule has 2 saturated carbocycles. The SMILES string of the molecule is O=C(NCC1CC2(CC(O)C2)C1)OCC1c2ccccc2-c2ccccc21. The van der Waals surface area contributed by atoms with Crippen LogP contribution in [0.2, 0.25) is 0 Å². The van der Waals surface area contributed by atoms with Gasteiger partial charge >= 0.3 is 6.09 Å². The number of aliphatic hydroxyl groups excluding tert-OH is 1. The topological polar surface area (TPSA) is 58.6 Å². The van der Waals surface area contributed by atoms with Crippen molar-refractivity contribution < 1.29 is 14.6 Å². The van der Waals surface area contributed by atoms with E-state index in [-0.39, 0.29) is 18.1 Å². The molecule has 0 bridgehead atoms. The molecule has 0 unspecified atom stereocenters. The molecule has 0 saturated heterocycles. The molecule has 2 fully saturated rings. The Hall–Kier alpha value is -2.33. The summed E-state index contributed by atoms with van der Waals surface area (Å²) >= 11 is 0. The first kappa shape index (κ1) is 16.8. The van der Waals surface area contributed by atoms with Crippen molar-refractivity contribution in [1.82, 2.24) is 5.32 Å². The van der Waals surface area contributed by atoms with Crippen LogP contribution in [0.1, 0.15) is 42.7 Å². The number of ether oxygens (including phenoxy) is 1. The average molecular weight is 363 g/mol. The van der Waals surface area contributed by atoms with Crippen LogP contribution in [0.5, 0.6) is 0 Å². The summed E-state index contributed by atoms with van der Waals surface area (Å²) in [5.74, 6) is 0.629. The molecular formula is C23H25NO3. The highest BCUT2D eigenvalue weighted by Gasteiger charge is 2.52. The third kappa shape index (κ3) is 2.92. The molecule has 4 heteroatoms. The van der Waals surface area contributed by atoms with Gasteiger partial charge in [-0.2, -0.15) is 0 Å². The number of carbonyl (C=O) groups is 1. The minimum atomic E-state index is -0.327. The molecule has 0 aliphatic heterocycles. The highest BCUT2D eigenvalue weighted by molar-refractivity contribution is 5.79. The van der Waals surface area contributed by atoms with Gasteiger partial charge in [-0.05, 0) is 59.3 Å². The van der Waals surface area contributed by atoms with Crippen molar-refractivity contribution in [3.63, 3.8) is 0 Å². The quantitative estimate of drug-likeness (QED) is 0.861. The maximum absolute atomic E-state index is 12.2. The molecule has 0 aromatic heterocycles.